The lowest BCUT2D eigenvalue weighted by Crippen LogP contribution is -2.36. The quantitative estimate of drug-likeness (QED) is 0.573. The molecule has 2 aromatic rings. The van der Waals surface area contributed by atoms with Crippen LogP contribution in [0.2, 0.25) is 0 Å². The van der Waals surface area contributed by atoms with Crippen molar-refractivity contribution in [3.8, 4) is 0 Å². The number of rotatable bonds is 0. The van der Waals surface area contributed by atoms with Crippen LogP contribution in [0.25, 0.3) is 10.9 Å². The summed E-state index contributed by atoms with van der Waals surface area (Å²) in [6, 6.07) is 8.25. The first-order valence-corrected chi connectivity index (χ1v) is 4.50. The highest BCUT2D eigenvalue weighted by molar-refractivity contribution is 5.77. The molecule has 3 rings (SSSR count). The van der Waals surface area contributed by atoms with Crippen LogP contribution in [0, 0.1) is 0 Å². The van der Waals surface area contributed by atoms with E-state index in [1.165, 1.54) is 10.9 Å². The Morgan fingerprint density at radius 3 is 3.15 bits per heavy atom. The van der Waals surface area contributed by atoms with Crippen molar-refractivity contribution >= 4 is 10.9 Å². The zero-order chi connectivity index (χ0) is 8.84. The van der Waals surface area contributed by atoms with Crippen LogP contribution in [0.4, 0.5) is 0 Å². The van der Waals surface area contributed by atoms with Gasteiger partial charge in [-0.2, -0.15) is 4.68 Å². The number of aromatic nitrogens is 2. The number of hydrogen-bond acceptors (Lipinski definition) is 1. The molecule has 3 nitrogen and oxygen atoms in total. The molecule has 13 heavy (non-hydrogen) atoms. The molecule has 2 heterocycles. The van der Waals surface area contributed by atoms with Gasteiger partial charge in [-0.3, -0.25) is 0 Å². The van der Waals surface area contributed by atoms with Gasteiger partial charge in [0.15, 0.2) is 6.54 Å². The first kappa shape index (κ1) is 7.09. The summed E-state index contributed by atoms with van der Waals surface area (Å²) < 4.78 is 4.20. The summed E-state index contributed by atoms with van der Waals surface area (Å²) in [7, 11) is 0. The molecule has 1 aromatic heterocycles. The monoisotopic (exact) mass is 175 g/mol. The maximum Gasteiger partial charge on any atom is 0.203 e. The van der Waals surface area contributed by atoms with E-state index >= 15 is 0 Å². The van der Waals surface area contributed by atoms with E-state index in [9.17, 15) is 5.11 Å². The van der Waals surface area contributed by atoms with Crippen molar-refractivity contribution in [1.82, 2.24) is 4.68 Å². The van der Waals surface area contributed by atoms with E-state index in [4.69, 9.17) is 0 Å². The molecule has 0 aliphatic carbocycles. The molecule has 0 amide bonds. The van der Waals surface area contributed by atoms with Gasteiger partial charge in [-0.05, 0) is 12.1 Å². The minimum absolute atomic E-state index is 0.218. The second kappa shape index (κ2) is 2.33. The Hall–Kier alpha value is -1.35. The van der Waals surface area contributed by atoms with Gasteiger partial charge in [0.2, 0.25) is 6.20 Å². The Labute approximate surface area is 75.8 Å². The fourth-order valence-corrected chi connectivity index (χ4v) is 2.03. The Balaban J connectivity index is 2.31. The van der Waals surface area contributed by atoms with Crippen LogP contribution < -0.4 is 4.68 Å². The van der Waals surface area contributed by atoms with Gasteiger partial charge >= 0.3 is 0 Å². The average Bonchev–Trinajstić information content (AvgIpc) is 2.60. The average molecular weight is 175 g/mol. The molecule has 3 heteroatoms. The summed E-state index contributed by atoms with van der Waals surface area (Å²) in [5, 5.41) is 10.7. The van der Waals surface area contributed by atoms with Crippen LogP contribution in [0.15, 0.2) is 30.5 Å². The van der Waals surface area contributed by atoms with Crippen LogP contribution in [0.5, 0.6) is 0 Å². The number of para-hydroxylation sites is 1. The Morgan fingerprint density at radius 1 is 1.38 bits per heavy atom. The number of nitrogens with zero attached hydrogens (tertiary/aromatic N) is 2. The molecule has 0 saturated carbocycles. The number of aliphatic hydroxyl groups is 1. The van der Waals surface area contributed by atoms with Crippen LogP contribution in [-0.2, 0) is 13.1 Å². The molecule has 0 bridgehead atoms. The topological polar surface area (TPSA) is 29.0 Å². The third-order valence-corrected chi connectivity index (χ3v) is 2.59. The predicted molar refractivity (Wildman–Crippen MR) is 48.1 cm³/mol. The molecule has 0 radical (unpaired) electrons. The molecule has 1 unspecified atom stereocenters. The minimum atomic E-state index is -0.218. The first-order valence-electron chi connectivity index (χ1n) is 4.50. The normalized spacial score (nSPS) is 20.8. The second-order valence-electron chi connectivity index (χ2n) is 3.55. The van der Waals surface area contributed by atoms with Crippen molar-refractivity contribution in [2.75, 3.05) is 0 Å². The highest BCUT2D eigenvalue weighted by atomic mass is 16.3. The number of aliphatic hydroxyl groups excluding tert-OH is 1. The van der Waals surface area contributed by atoms with Gasteiger partial charge in [-0.1, -0.05) is 12.1 Å². The third kappa shape index (κ3) is 0.906. The van der Waals surface area contributed by atoms with Crippen LogP contribution in [-0.4, -0.2) is 15.9 Å². The number of benzene rings is 1. The second-order valence-corrected chi connectivity index (χ2v) is 3.55. The lowest BCUT2D eigenvalue weighted by atomic mass is 10.2. The number of fused-ring (bicyclic) bond motifs is 3. The maximum absolute atomic E-state index is 9.46. The van der Waals surface area contributed by atoms with Crippen molar-refractivity contribution < 1.29 is 9.79 Å². The van der Waals surface area contributed by atoms with Crippen molar-refractivity contribution in [3.05, 3.63) is 30.5 Å². The van der Waals surface area contributed by atoms with Crippen LogP contribution in [0.3, 0.4) is 0 Å². The highest BCUT2D eigenvalue weighted by Gasteiger charge is 2.28. The summed E-state index contributed by atoms with van der Waals surface area (Å²) in [6.07, 6.45) is 1.87. The molecular formula is C10H11N2O+. The van der Waals surface area contributed by atoms with E-state index < -0.39 is 0 Å². The van der Waals surface area contributed by atoms with E-state index in [0.717, 1.165) is 0 Å². The first-order chi connectivity index (χ1) is 6.34. The van der Waals surface area contributed by atoms with Crippen molar-refractivity contribution in [2.24, 2.45) is 0 Å². The van der Waals surface area contributed by atoms with E-state index in [2.05, 4.69) is 27.7 Å². The molecule has 1 atom stereocenters. The van der Waals surface area contributed by atoms with Crippen molar-refractivity contribution in [3.63, 3.8) is 0 Å². The molecule has 1 aliphatic rings. The molecule has 66 valence electrons. The van der Waals surface area contributed by atoms with Crippen molar-refractivity contribution in [2.45, 2.75) is 19.2 Å². The smallest absolute Gasteiger partial charge is 0.203 e. The molecule has 1 aromatic carbocycles. The van der Waals surface area contributed by atoms with Gasteiger partial charge in [0.25, 0.3) is 0 Å². The largest absolute Gasteiger partial charge is 0.384 e. The summed E-state index contributed by atoms with van der Waals surface area (Å²) in [6.45, 7) is 1.43. The lowest BCUT2D eigenvalue weighted by molar-refractivity contribution is -0.757. The van der Waals surface area contributed by atoms with Gasteiger partial charge in [-0.15, -0.1) is 4.68 Å². The lowest BCUT2D eigenvalue weighted by Gasteiger charge is -1.92. The molecule has 0 saturated heterocycles. The van der Waals surface area contributed by atoms with E-state index in [1.54, 1.807) is 0 Å². The minimum Gasteiger partial charge on any atom is -0.384 e. The molecule has 0 fully saturated rings. The molecule has 1 aliphatic heterocycles. The molecule has 0 spiro atoms. The van der Waals surface area contributed by atoms with E-state index in [-0.39, 0.29) is 6.10 Å². The molecular weight excluding hydrogens is 164 g/mol. The number of hydrogen-bond donors (Lipinski definition) is 1. The van der Waals surface area contributed by atoms with Crippen LogP contribution in [0.1, 0.15) is 0 Å². The summed E-state index contributed by atoms with van der Waals surface area (Å²) in [4.78, 5) is 0. The maximum atomic E-state index is 9.46. The fraction of sp³-hybridized carbons (Fsp3) is 0.300. The Morgan fingerprint density at radius 2 is 2.23 bits per heavy atom. The summed E-state index contributed by atoms with van der Waals surface area (Å²) in [5.41, 5.74) is 1.21. The van der Waals surface area contributed by atoms with Crippen molar-refractivity contribution in [1.29, 1.82) is 0 Å². The summed E-state index contributed by atoms with van der Waals surface area (Å²) in [5.74, 6) is 0. The Bertz CT molecular complexity index is 461. The van der Waals surface area contributed by atoms with Gasteiger partial charge in [0.1, 0.15) is 18.2 Å². The fourth-order valence-electron chi connectivity index (χ4n) is 2.03. The van der Waals surface area contributed by atoms with Gasteiger partial charge in [-0.25, -0.2) is 0 Å². The zero-order valence-corrected chi connectivity index (χ0v) is 7.22. The predicted octanol–water partition coefficient (Wildman–Crippen LogP) is 0.303. The van der Waals surface area contributed by atoms with E-state index in [0.29, 0.717) is 13.1 Å². The van der Waals surface area contributed by atoms with Gasteiger partial charge in [0, 0.05) is 0 Å². The zero-order valence-electron chi connectivity index (χ0n) is 7.22. The summed E-state index contributed by atoms with van der Waals surface area (Å²) >= 11 is 0. The van der Waals surface area contributed by atoms with Crippen LogP contribution >= 0.6 is 0 Å². The SMILES string of the molecule is OC1Cn2c3ccccc3c[n+]2C1. The Kier molecular flexibility index (Phi) is 1.27. The highest BCUT2D eigenvalue weighted by Crippen LogP contribution is 2.14. The van der Waals surface area contributed by atoms with Gasteiger partial charge in [0.05, 0.1) is 5.39 Å². The third-order valence-electron chi connectivity index (χ3n) is 2.59. The standard InChI is InChI=1S/C10H11N2O/c13-9-6-11-5-8-3-1-2-4-10(8)12(11)7-9/h1-5,9,13H,6-7H2/q+1. The molecule has 1 N–H and O–H groups in total. The van der Waals surface area contributed by atoms with E-state index in [1.807, 2.05) is 12.1 Å². The van der Waals surface area contributed by atoms with Gasteiger partial charge < -0.3 is 5.11 Å².